The quantitative estimate of drug-likeness (QED) is 0.276. The molecule has 4 rings (SSSR count). The number of hydrogen-bond donors (Lipinski definition) is 2. The van der Waals surface area contributed by atoms with Gasteiger partial charge in [-0.2, -0.15) is 31.4 Å². The minimum atomic E-state index is -4.94. The fraction of sp³-hybridized carbons (Fsp3) is 0.524. The smallest absolute Gasteiger partial charge is 0.379 e. The van der Waals surface area contributed by atoms with Gasteiger partial charge in [0.05, 0.1) is 55.1 Å². The van der Waals surface area contributed by atoms with Crippen molar-refractivity contribution in [3.05, 3.63) is 34.9 Å². The third-order valence-corrected chi connectivity index (χ3v) is 6.39. The van der Waals surface area contributed by atoms with Crippen LogP contribution < -0.4 is 10.6 Å². The summed E-state index contributed by atoms with van der Waals surface area (Å²) in [5.41, 5.74) is 1.30. The summed E-state index contributed by atoms with van der Waals surface area (Å²) in [6, 6.07) is -0.251. The average Bonchev–Trinajstić information content (AvgIpc) is 3.36. The number of nitrogens with two attached hydrogens (primary N) is 1. The second-order valence-corrected chi connectivity index (χ2v) is 8.63. The number of alkyl halides is 6. The molecule has 2 amide bonds. The van der Waals surface area contributed by atoms with E-state index < -0.39 is 40.8 Å². The van der Waals surface area contributed by atoms with Gasteiger partial charge in [-0.1, -0.05) is 0 Å². The van der Waals surface area contributed by atoms with Crippen LogP contribution in [0.4, 0.5) is 32.3 Å². The standard InChI is InChI=1S/C21H22F6N8O3/c22-20(23,24)11-8-30-19(31-9-11)33-3-1-12-14(33)10-34(12)15(36)2-5-38-6-4-35-13(7-28)16(18(29)37)17(32-35)21(25,26)27/h7-9,12,14,28H,1-6,10H2,(H2,29,37)/t12-,14-/m1/s1. The van der Waals surface area contributed by atoms with Crippen LogP contribution in [-0.2, 0) is 28.4 Å². The fourth-order valence-electron chi connectivity index (χ4n) is 4.56. The van der Waals surface area contributed by atoms with E-state index in [4.69, 9.17) is 15.9 Å². The summed E-state index contributed by atoms with van der Waals surface area (Å²) in [7, 11) is 0. The van der Waals surface area contributed by atoms with Crippen molar-refractivity contribution in [3.63, 3.8) is 0 Å². The highest BCUT2D eigenvalue weighted by atomic mass is 19.4. The Balaban J connectivity index is 1.25. The van der Waals surface area contributed by atoms with E-state index in [-0.39, 0.29) is 50.1 Å². The summed E-state index contributed by atoms with van der Waals surface area (Å²) in [5.74, 6) is -1.41. The molecule has 2 saturated heterocycles. The van der Waals surface area contributed by atoms with Gasteiger partial charge < -0.3 is 25.7 Å². The van der Waals surface area contributed by atoms with Gasteiger partial charge in [0.25, 0.3) is 5.91 Å². The predicted octanol–water partition coefficient (Wildman–Crippen LogP) is 1.70. The van der Waals surface area contributed by atoms with Crippen molar-refractivity contribution >= 4 is 24.0 Å². The second-order valence-electron chi connectivity index (χ2n) is 8.63. The van der Waals surface area contributed by atoms with Crippen LogP contribution in [-0.4, -0.2) is 81.1 Å². The number of rotatable bonds is 9. The van der Waals surface area contributed by atoms with Gasteiger partial charge in [-0.05, 0) is 6.42 Å². The van der Waals surface area contributed by atoms with E-state index in [1.165, 1.54) is 0 Å². The monoisotopic (exact) mass is 548 g/mol. The van der Waals surface area contributed by atoms with Crippen LogP contribution in [0.25, 0.3) is 0 Å². The van der Waals surface area contributed by atoms with Gasteiger partial charge in [0.1, 0.15) is 0 Å². The van der Waals surface area contributed by atoms with E-state index in [0.717, 1.165) is 17.1 Å². The molecule has 0 unspecified atom stereocenters. The van der Waals surface area contributed by atoms with Crippen molar-refractivity contribution in [2.45, 2.75) is 43.8 Å². The molecule has 0 aliphatic carbocycles. The highest BCUT2D eigenvalue weighted by Gasteiger charge is 2.49. The van der Waals surface area contributed by atoms with Gasteiger partial charge >= 0.3 is 12.4 Å². The topological polar surface area (TPSA) is 143 Å². The van der Waals surface area contributed by atoms with Gasteiger partial charge in [0.2, 0.25) is 11.9 Å². The van der Waals surface area contributed by atoms with E-state index >= 15 is 0 Å². The molecule has 2 atom stereocenters. The van der Waals surface area contributed by atoms with Crippen molar-refractivity contribution in [3.8, 4) is 0 Å². The van der Waals surface area contributed by atoms with Gasteiger partial charge in [-0.15, -0.1) is 0 Å². The van der Waals surface area contributed by atoms with Crippen LogP contribution >= 0.6 is 0 Å². The number of primary amides is 1. The van der Waals surface area contributed by atoms with Gasteiger partial charge in [-0.3, -0.25) is 14.3 Å². The lowest BCUT2D eigenvalue weighted by Crippen LogP contribution is -2.64. The number of anilines is 1. The molecule has 0 aromatic carbocycles. The zero-order chi connectivity index (χ0) is 27.8. The maximum atomic E-state index is 13.2. The molecule has 2 aromatic heterocycles. The zero-order valence-electron chi connectivity index (χ0n) is 19.6. The largest absolute Gasteiger partial charge is 0.435 e. The second kappa shape index (κ2) is 10.2. The molecule has 3 N–H and O–H groups in total. The lowest BCUT2D eigenvalue weighted by molar-refractivity contribution is -0.142. The average molecular weight is 548 g/mol. The van der Waals surface area contributed by atoms with Crippen LogP contribution in [0.5, 0.6) is 0 Å². The Morgan fingerprint density at radius 2 is 1.79 bits per heavy atom. The Morgan fingerprint density at radius 3 is 2.37 bits per heavy atom. The molecule has 17 heteroatoms. The highest BCUT2D eigenvalue weighted by Crippen LogP contribution is 2.36. The first-order valence-corrected chi connectivity index (χ1v) is 11.3. The van der Waals surface area contributed by atoms with E-state index in [1.807, 2.05) is 0 Å². The van der Waals surface area contributed by atoms with Crippen LogP contribution in [0, 0.1) is 5.41 Å². The summed E-state index contributed by atoms with van der Waals surface area (Å²) >= 11 is 0. The summed E-state index contributed by atoms with van der Waals surface area (Å²) < 4.78 is 83.9. The first kappa shape index (κ1) is 27.3. The molecule has 0 saturated carbocycles. The minimum absolute atomic E-state index is 0.00310. The summed E-state index contributed by atoms with van der Waals surface area (Å²) in [6.07, 6.45) is -6.89. The van der Waals surface area contributed by atoms with Crippen molar-refractivity contribution < 1.29 is 40.7 Å². The number of nitrogens with one attached hydrogen (secondary N) is 1. The maximum Gasteiger partial charge on any atom is 0.435 e. The lowest BCUT2D eigenvalue weighted by atomic mass is 9.96. The number of carbonyl (C=O) groups is 2. The van der Waals surface area contributed by atoms with E-state index in [0.29, 0.717) is 25.7 Å². The number of likely N-dealkylation sites (tertiary alicyclic amines) is 1. The minimum Gasteiger partial charge on any atom is -0.379 e. The van der Waals surface area contributed by atoms with Crippen molar-refractivity contribution in [2.24, 2.45) is 5.73 Å². The van der Waals surface area contributed by atoms with E-state index in [2.05, 4.69) is 15.1 Å². The van der Waals surface area contributed by atoms with Gasteiger partial charge in [0, 0.05) is 31.7 Å². The third-order valence-electron chi connectivity index (χ3n) is 6.39. The zero-order valence-corrected chi connectivity index (χ0v) is 19.6. The number of fused-ring (bicyclic) bond motifs is 1. The number of hydrogen-bond acceptors (Lipinski definition) is 8. The first-order valence-electron chi connectivity index (χ1n) is 11.3. The van der Waals surface area contributed by atoms with Crippen LogP contribution in [0.1, 0.15) is 40.2 Å². The summed E-state index contributed by atoms with van der Waals surface area (Å²) in [5, 5.41) is 10.7. The Hall–Kier alpha value is -3.76. The van der Waals surface area contributed by atoms with Crippen molar-refractivity contribution in [1.29, 1.82) is 5.41 Å². The fourth-order valence-corrected chi connectivity index (χ4v) is 4.56. The molecule has 2 fully saturated rings. The van der Waals surface area contributed by atoms with Crippen molar-refractivity contribution in [2.75, 3.05) is 31.2 Å². The molecule has 206 valence electrons. The molecule has 2 aliphatic rings. The molecule has 4 heterocycles. The number of halogens is 6. The van der Waals surface area contributed by atoms with Crippen LogP contribution in [0.3, 0.4) is 0 Å². The van der Waals surface area contributed by atoms with E-state index in [1.54, 1.807) is 9.80 Å². The SMILES string of the molecule is N=Cc1c(C(N)=O)c(C(F)(F)F)nn1CCOCCC(=O)N1C[C@@H]2[C@H]1CCN2c1ncc(C(F)(F)F)cn1. The van der Waals surface area contributed by atoms with Crippen LogP contribution in [0.2, 0.25) is 0 Å². The van der Waals surface area contributed by atoms with Crippen LogP contribution in [0.15, 0.2) is 12.4 Å². The van der Waals surface area contributed by atoms with Crippen molar-refractivity contribution in [1.82, 2.24) is 24.6 Å². The molecular formula is C21H22F6N8O3. The maximum absolute atomic E-state index is 13.2. The number of aromatic nitrogens is 4. The van der Waals surface area contributed by atoms with Gasteiger partial charge in [-0.25, -0.2) is 9.97 Å². The highest BCUT2D eigenvalue weighted by molar-refractivity contribution is 6.01. The molecule has 0 bridgehead atoms. The van der Waals surface area contributed by atoms with E-state index in [9.17, 15) is 35.9 Å². The van der Waals surface area contributed by atoms with Gasteiger partial charge in [0.15, 0.2) is 5.69 Å². The number of ether oxygens (including phenoxy) is 1. The summed E-state index contributed by atoms with van der Waals surface area (Å²) in [4.78, 5) is 35.1. The first-order chi connectivity index (χ1) is 17.8. The molecule has 0 radical (unpaired) electrons. The Kier molecular flexibility index (Phi) is 7.31. The normalized spacial score (nSPS) is 19.3. The Labute approximate surface area is 211 Å². The molecule has 38 heavy (non-hydrogen) atoms. The molecule has 2 aliphatic heterocycles. The molecule has 11 nitrogen and oxygen atoms in total. The Bertz CT molecular complexity index is 1210. The predicted molar refractivity (Wildman–Crippen MR) is 117 cm³/mol. The number of amides is 2. The number of nitrogens with zero attached hydrogens (tertiary/aromatic N) is 6. The summed E-state index contributed by atoms with van der Waals surface area (Å²) in [6.45, 7) is 0.435. The lowest BCUT2D eigenvalue weighted by Gasteiger charge is -2.46. The third kappa shape index (κ3) is 5.27. The Morgan fingerprint density at radius 1 is 1.11 bits per heavy atom. The molecule has 0 spiro atoms. The molecule has 2 aromatic rings. The molecular weight excluding hydrogens is 526 g/mol. The number of carbonyl (C=O) groups excluding carboxylic acids is 2.